The molecule has 118 valence electrons. The minimum Gasteiger partial charge on any atom is -0.458 e. The molecule has 3 aromatic rings. The number of fused-ring (bicyclic) bond motifs is 1. The quantitative estimate of drug-likeness (QED) is 0.504. The van der Waals surface area contributed by atoms with Crippen LogP contribution in [0.2, 0.25) is 0 Å². The monoisotopic (exact) mass is 351 g/mol. The molecule has 0 N–H and O–H groups in total. The normalized spacial score (nSPS) is 10.9. The molecule has 2 aromatic carbocycles. The third-order valence-corrected chi connectivity index (χ3v) is 4.97. The molecule has 1 heterocycles. The van der Waals surface area contributed by atoms with E-state index >= 15 is 0 Å². The fourth-order valence-electron chi connectivity index (χ4n) is 1.89. The Morgan fingerprint density at radius 1 is 1.22 bits per heavy atom. The van der Waals surface area contributed by atoms with E-state index in [0.29, 0.717) is 5.01 Å². The maximum Gasteiger partial charge on any atom is 0.316 e. The topological polar surface area (TPSA) is 39.2 Å². The molecule has 0 saturated heterocycles. The molecular formula is C16H11F2NO2S2. The maximum atomic E-state index is 13.4. The number of halogens is 2. The zero-order valence-corrected chi connectivity index (χ0v) is 13.4. The minimum atomic E-state index is -0.686. The zero-order chi connectivity index (χ0) is 16.2. The number of nitrogens with zero attached hydrogens (tertiary/aromatic N) is 1. The van der Waals surface area contributed by atoms with Crippen LogP contribution >= 0.6 is 23.1 Å². The highest BCUT2D eigenvalue weighted by molar-refractivity contribution is 8.00. The summed E-state index contributed by atoms with van der Waals surface area (Å²) < 4.78 is 32.4. The van der Waals surface area contributed by atoms with Crippen molar-refractivity contribution in [2.75, 3.05) is 5.75 Å². The molecule has 0 radical (unpaired) electrons. The van der Waals surface area contributed by atoms with Gasteiger partial charge in [0.1, 0.15) is 23.2 Å². The van der Waals surface area contributed by atoms with Crippen molar-refractivity contribution >= 4 is 39.3 Å². The molecule has 0 aliphatic carbocycles. The van der Waals surface area contributed by atoms with Crippen molar-refractivity contribution in [3.63, 3.8) is 0 Å². The van der Waals surface area contributed by atoms with Crippen molar-refractivity contribution in [3.8, 4) is 0 Å². The summed E-state index contributed by atoms with van der Waals surface area (Å²) in [7, 11) is 0. The Labute approximate surface area is 139 Å². The first-order chi connectivity index (χ1) is 11.1. The number of carbonyl (C=O) groups is 1. The number of hydrogen-bond donors (Lipinski definition) is 0. The van der Waals surface area contributed by atoms with Crippen LogP contribution in [0.4, 0.5) is 8.78 Å². The first-order valence-electron chi connectivity index (χ1n) is 6.70. The number of thioether (sulfide) groups is 1. The van der Waals surface area contributed by atoms with E-state index in [1.54, 1.807) is 0 Å². The Hall–Kier alpha value is -1.99. The molecular weight excluding hydrogens is 340 g/mol. The first kappa shape index (κ1) is 15.9. The van der Waals surface area contributed by atoms with Crippen molar-refractivity contribution in [2.45, 2.75) is 11.5 Å². The highest BCUT2D eigenvalue weighted by atomic mass is 32.2. The number of esters is 1. The number of hydrogen-bond acceptors (Lipinski definition) is 5. The van der Waals surface area contributed by atoms with Crippen molar-refractivity contribution in [3.05, 3.63) is 59.1 Å². The molecule has 0 unspecified atom stereocenters. The molecule has 0 spiro atoms. The molecule has 0 saturated carbocycles. The van der Waals surface area contributed by atoms with Crippen LogP contribution in [0.3, 0.4) is 0 Å². The van der Waals surface area contributed by atoms with Crippen LogP contribution in [0.5, 0.6) is 0 Å². The lowest BCUT2D eigenvalue weighted by molar-refractivity contribution is -0.141. The molecule has 0 amide bonds. The molecule has 0 atom stereocenters. The first-order valence-corrected chi connectivity index (χ1v) is 8.50. The molecule has 3 nitrogen and oxygen atoms in total. The van der Waals surface area contributed by atoms with Gasteiger partial charge >= 0.3 is 5.97 Å². The van der Waals surface area contributed by atoms with Crippen LogP contribution in [0.15, 0.2) is 47.4 Å². The van der Waals surface area contributed by atoms with Gasteiger partial charge in [-0.15, -0.1) is 23.1 Å². The smallest absolute Gasteiger partial charge is 0.316 e. The molecule has 0 bridgehead atoms. The number of carbonyl (C=O) groups excluding carboxylic acids is 1. The Morgan fingerprint density at radius 2 is 2.04 bits per heavy atom. The summed E-state index contributed by atoms with van der Waals surface area (Å²) in [5, 5.41) is 0.706. The summed E-state index contributed by atoms with van der Waals surface area (Å²) in [6, 6.07) is 10.9. The van der Waals surface area contributed by atoms with Crippen molar-refractivity contribution in [1.82, 2.24) is 4.98 Å². The van der Waals surface area contributed by atoms with Crippen molar-refractivity contribution in [1.29, 1.82) is 0 Å². The van der Waals surface area contributed by atoms with Gasteiger partial charge in [0.15, 0.2) is 0 Å². The van der Waals surface area contributed by atoms with E-state index in [2.05, 4.69) is 4.98 Å². The van der Waals surface area contributed by atoms with Crippen molar-refractivity contribution in [2.24, 2.45) is 0 Å². The van der Waals surface area contributed by atoms with Crippen LogP contribution in [0, 0.1) is 11.6 Å². The maximum absolute atomic E-state index is 13.4. The third kappa shape index (κ3) is 4.05. The Morgan fingerprint density at radius 3 is 2.83 bits per heavy atom. The van der Waals surface area contributed by atoms with Crippen LogP contribution in [0.1, 0.15) is 5.01 Å². The van der Waals surface area contributed by atoms with Gasteiger partial charge in [-0.05, 0) is 24.3 Å². The van der Waals surface area contributed by atoms with E-state index < -0.39 is 17.6 Å². The van der Waals surface area contributed by atoms with E-state index in [9.17, 15) is 13.6 Å². The molecule has 0 fully saturated rings. The van der Waals surface area contributed by atoms with Gasteiger partial charge in [-0.25, -0.2) is 13.8 Å². The van der Waals surface area contributed by atoms with E-state index in [1.807, 2.05) is 24.3 Å². The summed E-state index contributed by atoms with van der Waals surface area (Å²) in [4.78, 5) is 16.3. The number of benzene rings is 2. The predicted octanol–water partition coefficient (Wildman–Crippen LogP) is 4.41. The van der Waals surface area contributed by atoms with E-state index in [1.165, 1.54) is 17.4 Å². The number of rotatable bonds is 5. The number of ether oxygens (including phenoxy) is 1. The molecule has 7 heteroatoms. The van der Waals surface area contributed by atoms with Gasteiger partial charge in [0.25, 0.3) is 0 Å². The summed E-state index contributed by atoms with van der Waals surface area (Å²) >= 11 is 2.43. The SMILES string of the molecule is O=C(CSc1ccc(F)cc1F)OCc1nc2ccccc2s1. The fraction of sp³-hybridized carbons (Fsp3) is 0.125. The second kappa shape index (κ2) is 7.06. The van der Waals surface area contributed by atoms with Gasteiger partial charge in [0.05, 0.1) is 16.0 Å². The van der Waals surface area contributed by atoms with Crippen LogP contribution in [0.25, 0.3) is 10.2 Å². The highest BCUT2D eigenvalue weighted by Gasteiger charge is 2.10. The average Bonchev–Trinajstić information content (AvgIpc) is 2.95. The Kier molecular flexibility index (Phi) is 4.88. The third-order valence-electron chi connectivity index (χ3n) is 2.93. The van der Waals surface area contributed by atoms with E-state index in [0.717, 1.165) is 34.1 Å². The van der Waals surface area contributed by atoms with Crippen LogP contribution in [-0.4, -0.2) is 16.7 Å². The summed E-state index contributed by atoms with van der Waals surface area (Å²) in [6.07, 6.45) is 0. The minimum absolute atomic E-state index is 0.0482. The van der Waals surface area contributed by atoms with Gasteiger partial charge in [-0.3, -0.25) is 4.79 Å². The number of thiazole rings is 1. The Bertz CT molecular complexity index is 818. The standard InChI is InChI=1S/C16H11F2NO2S2/c17-10-5-6-13(11(18)7-10)22-9-16(20)21-8-15-19-12-3-1-2-4-14(12)23-15/h1-7H,8-9H2. The lowest BCUT2D eigenvalue weighted by atomic mass is 10.3. The van der Waals surface area contributed by atoms with Crippen LogP contribution in [-0.2, 0) is 16.1 Å². The zero-order valence-electron chi connectivity index (χ0n) is 11.8. The lowest BCUT2D eigenvalue weighted by Gasteiger charge is -2.04. The molecule has 23 heavy (non-hydrogen) atoms. The second-order valence-corrected chi connectivity index (χ2v) is 6.73. The average molecular weight is 351 g/mol. The van der Waals surface area contributed by atoms with Gasteiger partial charge in [-0.1, -0.05) is 12.1 Å². The molecule has 0 aliphatic heterocycles. The second-order valence-electron chi connectivity index (χ2n) is 4.60. The summed E-state index contributed by atoms with van der Waals surface area (Å²) in [5.74, 6) is -1.86. The summed E-state index contributed by atoms with van der Waals surface area (Å²) in [5.41, 5.74) is 0.867. The molecule has 0 aliphatic rings. The van der Waals surface area contributed by atoms with Gasteiger partial charge in [0.2, 0.25) is 0 Å². The van der Waals surface area contributed by atoms with E-state index in [-0.39, 0.29) is 17.3 Å². The highest BCUT2D eigenvalue weighted by Crippen LogP contribution is 2.24. The van der Waals surface area contributed by atoms with Gasteiger partial charge in [-0.2, -0.15) is 0 Å². The molecule has 1 aromatic heterocycles. The Balaban J connectivity index is 1.53. The number of aromatic nitrogens is 1. The van der Waals surface area contributed by atoms with Gasteiger partial charge in [0, 0.05) is 11.0 Å². The predicted molar refractivity (Wildman–Crippen MR) is 86.5 cm³/mol. The number of para-hydroxylation sites is 1. The van der Waals surface area contributed by atoms with E-state index in [4.69, 9.17) is 4.74 Å². The van der Waals surface area contributed by atoms with Gasteiger partial charge < -0.3 is 4.74 Å². The fourth-order valence-corrected chi connectivity index (χ4v) is 3.49. The molecule has 3 rings (SSSR count). The lowest BCUT2D eigenvalue weighted by Crippen LogP contribution is -2.07. The van der Waals surface area contributed by atoms with Crippen molar-refractivity contribution < 1.29 is 18.3 Å². The van der Waals surface area contributed by atoms with Crippen LogP contribution < -0.4 is 0 Å². The largest absolute Gasteiger partial charge is 0.458 e. The summed E-state index contributed by atoms with van der Waals surface area (Å²) in [6.45, 7) is 0.0879.